The van der Waals surface area contributed by atoms with Gasteiger partial charge in [0, 0.05) is 12.6 Å². The smallest absolute Gasteiger partial charge is 0.404 e. The number of benzene rings is 1. The van der Waals surface area contributed by atoms with Crippen LogP contribution in [0.25, 0.3) is 0 Å². The van der Waals surface area contributed by atoms with Gasteiger partial charge in [-0.05, 0) is 18.2 Å². The predicted octanol–water partition coefficient (Wildman–Crippen LogP) is 1.53. The third-order valence-electron chi connectivity index (χ3n) is 1.72. The molecule has 88 valence electrons. The van der Waals surface area contributed by atoms with Crippen LogP contribution in [0, 0.1) is 0 Å². The maximum absolute atomic E-state index is 11.9. The monoisotopic (exact) mass is 234 g/mol. The SMILES string of the molecule is CNC(=O)c1ccc(OC(F)(F)F)c(N)c1. The topological polar surface area (TPSA) is 64.3 Å². The number of anilines is 1. The second-order valence-electron chi connectivity index (χ2n) is 2.88. The summed E-state index contributed by atoms with van der Waals surface area (Å²) in [5.74, 6) is -0.967. The molecule has 1 aromatic rings. The number of hydrogen-bond acceptors (Lipinski definition) is 3. The van der Waals surface area contributed by atoms with Crippen LogP contribution in [0.15, 0.2) is 18.2 Å². The minimum absolute atomic E-state index is 0.162. The summed E-state index contributed by atoms with van der Waals surface area (Å²) in [6, 6.07) is 3.30. The van der Waals surface area contributed by atoms with E-state index in [2.05, 4.69) is 10.1 Å². The van der Waals surface area contributed by atoms with Crippen LogP contribution < -0.4 is 15.8 Å². The van der Waals surface area contributed by atoms with Gasteiger partial charge in [-0.15, -0.1) is 13.2 Å². The third-order valence-corrected chi connectivity index (χ3v) is 1.72. The molecule has 0 saturated carbocycles. The van der Waals surface area contributed by atoms with Crippen molar-refractivity contribution in [2.75, 3.05) is 12.8 Å². The highest BCUT2D eigenvalue weighted by molar-refractivity contribution is 5.95. The zero-order valence-electron chi connectivity index (χ0n) is 8.26. The maximum atomic E-state index is 11.9. The summed E-state index contributed by atoms with van der Waals surface area (Å²) in [7, 11) is 1.40. The molecule has 1 amide bonds. The molecular weight excluding hydrogens is 225 g/mol. The molecule has 0 heterocycles. The minimum Gasteiger partial charge on any atom is -0.404 e. The molecule has 0 aliphatic rings. The van der Waals surface area contributed by atoms with Crippen molar-refractivity contribution < 1.29 is 22.7 Å². The van der Waals surface area contributed by atoms with E-state index in [1.54, 1.807) is 0 Å². The molecule has 0 atom stereocenters. The van der Waals surface area contributed by atoms with Gasteiger partial charge < -0.3 is 15.8 Å². The Morgan fingerprint density at radius 3 is 2.50 bits per heavy atom. The lowest BCUT2D eigenvalue weighted by Gasteiger charge is -2.11. The first-order valence-electron chi connectivity index (χ1n) is 4.21. The summed E-state index contributed by atoms with van der Waals surface area (Å²) in [5.41, 5.74) is 5.23. The van der Waals surface area contributed by atoms with E-state index in [4.69, 9.17) is 5.73 Å². The number of halogens is 3. The Balaban J connectivity index is 2.96. The number of carbonyl (C=O) groups is 1. The fourth-order valence-electron chi connectivity index (χ4n) is 1.05. The quantitative estimate of drug-likeness (QED) is 0.762. The lowest BCUT2D eigenvalue weighted by molar-refractivity contribution is -0.274. The van der Waals surface area contributed by atoms with Gasteiger partial charge in [-0.3, -0.25) is 4.79 Å². The van der Waals surface area contributed by atoms with Crippen LogP contribution in [0.2, 0.25) is 0 Å². The number of amides is 1. The zero-order valence-corrected chi connectivity index (χ0v) is 8.26. The van der Waals surface area contributed by atoms with Gasteiger partial charge in [0.15, 0.2) is 5.75 Å². The molecule has 0 radical (unpaired) electrons. The number of ether oxygens (including phenoxy) is 1. The normalized spacial score (nSPS) is 11.0. The number of alkyl halides is 3. The summed E-state index contributed by atoms with van der Waals surface area (Å²) in [6.07, 6.45) is -4.80. The van der Waals surface area contributed by atoms with Crippen molar-refractivity contribution >= 4 is 11.6 Å². The molecule has 4 nitrogen and oxygen atoms in total. The first-order valence-corrected chi connectivity index (χ1v) is 4.21. The molecule has 0 aromatic heterocycles. The van der Waals surface area contributed by atoms with Crippen molar-refractivity contribution in [1.29, 1.82) is 0 Å². The van der Waals surface area contributed by atoms with E-state index in [-0.39, 0.29) is 11.3 Å². The standard InChI is InChI=1S/C9H9F3N2O2/c1-14-8(15)5-2-3-7(6(13)4-5)16-9(10,11)12/h2-4H,13H2,1H3,(H,14,15). The molecule has 16 heavy (non-hydrogen) atoms. The van der Waals surface area contributed by atoms with Crippen molar-refractivity contribution in [3.05, 3.63) is 23.8 Å². The molecule has 0 aliphatic heterocycles. The van der Waals surface area contributed by atoms with Crippen molar-refractivity contribution in [3.8, 4) is 5.75 Å². The summed E-state index contributed by atoms with van der Waals surface area (Å²) in [4.78, 5) is 11.1. The fourth-order valence-corrected chi connectivity index (χ4v) is 1.05. The molecule has 7 heteroatoms. The third kappa shape index (κ3) is 3.04. The number of nitrogens with one attached hydrogen (secondary N) is 1. The molecule has 0 fully saturated rings. The highest BCUT2D eigenvalue weighted by Crippen LogP contribution is 2.28. The van der Waals surface area contributed by atoms with Crippen LogP contribution in [0.1, 0.15) is 10.4 Å². The predicted molar refractivity (Wildman–Crippen MR) is 50.9 cm³/mol. The van der Waals surface area contributed by atoms with Gasteiger partial charge in [0.1, 0.15) is 0 Å². The van der Waals surface area contributed by atoms with E-state index in [1.807, 2.05) is 0 Å². The summed E-state index contributed by atoms with van der Waals surface area (Å²) >= 11 is 0. The number of carbonyl (C=O) groups excluding carboxylic acids is 1. The number of hydrogen-bond donors (Lipinski definition) is 2. The van der Waals surface area contributed by atoms with E-state index < -0.39 is 18.0 Å². The van der Waals surface area contributed by atoms with Crippen LogP contribution in [0.3, 0.4) is 0 Å². The molecule has 0 bridgehead atoms. The van der Waals surface area contributed by atoms with E-state index in [1.165, 1.54) is 13.1 Å². The van der Waals surface area contributed by atoms with Gasteiger partial charge in [0.25, 0.3) is 5.91 Å². The Bertz CT molecular complexity index is 404. The summed E-state index contributed by atoms with van der Waals surface area (Å²) in [6.45, 7) is 0. The first-order chi connectivity index (χ1) is 7.33. The zero-order chi connectivity index (χ0) is 12.3. The molecule has 1 aromatic carbocycles. The molecule has 0 unspecified atom stereocenters. The summed E-state index contributed by atoms with van der Waals surface area (Å²) in [5, 5.41) is 2.32. The lowest BCUT2D eigenvalue weighted by atomic mass is 10.2. The highest BCUT2D eigenvalue weighted by atomic mass is 19.4. The van der Waals surface area contributed by atoms with Crippen LogP contribution in [0.4, 0.5) is 18.9 Å². The van der Waals surface area contributed by atoms with Gasteiger partial charge in [0.2, 0.25) is 0 Å². The Hall–Kier alpha value is -1.92. The number of rotatable bonds is 2. The van der Waals surface area contributed by atoms with Gasteiger partial charge in [0.05, 0.1) is 5.69 Å². The number of nitrogens with two attached hydrogens (primary N) is 1. The Morgan fingerprint density at radius 2 is 2.06 bits per heavy atom. The molecule has 0 aliphatic carbocycles. The van der Waals surface area contributed by atoms with Gasteiger partial charge >= 0.3 is 6.36 Å². The van der Waals surface area contributed by atoms with Gasteiger partial charge in [-0.25, -0.2) is 0 Å². The summed E-state index contributed by atoms with van der Waals surface area (Å²) < 4.78 is 39.3. The van der Waals surface area contributed by atoms with Crippen molar-refractivity contribution in [3.63, 3.8) is 0 Å². The molecule has 1 rings (SSSR count). The Labute approximate surface area is 89.2 Å². The molecule has 3 N–H and O–H groups in total. The fraction of sp³-hybridized carbons (Fsp3) is 0.222. The molecule has 0 spiro atoms. The second kappa shape index (κ2) is 4.30. The lowest BCUT2D eigenvalue weighted by Crippen LogP contribution is -2.20. The van der Waals surface area contributed by atoms with Gasteiger partial charge in [-0.1, -0.05) is 0 Å². The first kappa shape index (κ1) is 12.2. The molecule has 0 saturated heterocycles. The van der Waals surface area contributed by atoms with Crippen molar-refractivity contribution in [2.45, 2.75) is 6.36 Å². The largest absolute Gasteiger partial charge is 0.573 e. The van der Waals surface area contributed by atoms with Crippen molar-refractivity contribution in [2.24, 2.45) is 0 Å². The average molecular weight is 234 g/mol. The molecular formula is C9H9F3N2O2. The minimum atomic E-state index is -4.80. The highest BCUT2D eigenvalue weighted by Gasteiger charge is 2.32. The van der Waals surface area contributed by atoms with Crippen molar-refractivity contribution in [1.82, 2.24) is 5.32 Å². The Morgan fingerprint density at radius 1 is 1.44 bits per heavy atom. The van der Waals surface area contributed by atoms with E-state index in [0.29, 0.717) is 0 Å². The van der Waals surface area contributed by atoms with Crippen LogP contribution in [0.5, 0.6) is 5.75 Å². The van der Waals surface area contributed by atoms with Crippen LogP contribution in [-0.2, 0) is 0 Å². The van der Waals surface area contributed by atoms with Gasteiger partial charge in [-0.2, -0.15) is 0 Å². The van der Waals surface area contributed by atoms with E-state index in [0.717, 1.165) is 12.1 Å². The maximum Gasteiger partial charge on any atom is 0.573 e. The second-order valence-corrected chi connectivity index (χ2v) is 2.88. The average Bonchev–Trinajstić information content (AvgIpc) is 2.18. The number of nitrogen functional groups attached to an aromatic ring is 1. The van der Waals surface area contributed by atoms with Crippen LogP contribution >= 0.6 is 0 Å². The van der Waals surface area contributed by atoms with Crippen LogP contribution in [-0.4, -0.2) is 19.3 Å². The Kier molecular flexibility index (Phi) is 3.26. The van der Waals surface area contributed by atoms with E-state index >= 15 is 0 Å². The van der Waals surface area contributed by atoms with E-state index in [9.17, 15) is 18.0 Å².